The van der Waals surface area contributed by atoms with Crippen LogP contribution in [0.1, 0.15) is 12.8 Å². The number of hydrogen-bond donors (Lipinski definition) is 0. The van der Waals surface area contributed by atoms with Crippen LogP contribution in [0, 0.1) is 0 Å². The summed E-state index contributed by atoms with van der Waals surface area (Å²) in [6, 6.07) is 0. The van der Waals surface area contributed by atoms with Crippen LogP contribution in [-0.2, 0) is 0 Å². The Morgan fingerprint density at radius 2 is 1.50 bits per heavy atom. The van der Waals surface area contributed by atoms with E-state index in [1.165, 1.54) is 0 Å². The third kappa shape index (κ3) is 1.60. The molecule has 4 nitrogen and oxygen atoms in total. The quantitative estimate of drug-likeness (QED) is 0.743. The van der Waals surface area contributed by atoms with Crippen LogP contribution in [0.3, 0.4) is 0 Å². The second-order valence-corrected chi connectivity index (χ2v) is 3.48. The van der Waals surface area contributed by atoms with E-state index in [1.54, 1.807) is 21.3 Å². The molecule has 0 aromatic carbocycles. The lowest BCUT2D eigenvalue weighted by atomic mass is 10.1. The summed E-state index contributed by atoms with van der Waals surface area (Å²) in [5.41, 5.74) is 0. The minimum Gasteiger partial charge on any atom is -0.491 e. The summed E-state index contributed by atoms with van der Waals surface area (Å²) in [4.78, 5) is 4.27. The molecule has 0 saturated carbocycles. The number of aromatic nitrogens is 1. The Labute approximate surface area is 94.2 Å². The van der Waals surface area contributed by atoms with Crippen LogP contribution in [0.5, 0.6) is 17.5 Å². The molecule has 1 aromatic heterocycles. The fraction of sp³-hybridized carbons (Fsp3) is 0.417. The third-order valence-electron chi connectivity index (χ3n) is 2.62. The van der Waals surface area contributed by atoms with Crippen LogP contribution in [0.25, 0.3) is 12.2 Å². The predicted molar refractivity (Wildman–Crippen MR) is 61.3 cm³/mol. The Morgan fingerprint density at radius 1 is 0.875 bits per heavy atom. The van der Waals surface area contributed by atoms with Crippen molar-refractivity contribution in [3.63, 3.8) is 0 Å². The van der Waals surface area contributed by atoms with E-state index in [9.17, 15) is 0 Å². The van der Waals surface area contributed by atoms with Crippen LogP contribution in [0.15, 0.2) is 0 Å². The highest BCUT2D eigenvalue weighted by molar-refractivity contribution is 5.50. The first-order valence-electron chi connectivity index (χ1n) is 5.18. The molecule has 0 saturated heterocycles. The number of rotatable bonds is 3. The van der Waals surface area contributed by atoms with Gasteiger partial charge in [0.05, 0.1) is 21.3 Å². The first kappa shape index (κ1) is 10.8. The molecule has 0 N–H and O–H groups in total. The van der Waals surface area contributed by atoms with E-state index < -0.39 is 0 Å². The molecule has 0 atom stereocenters. The van der Waals surface area contributed by atoms with E-state index in [2.05, 4.69) is 17.1 Å². The standard InChI is InChI=1S/C12H15NO3/c1-14-10-8-6-4-5-7-9(8)11(15-2)13-12(10)16-3/h6-7H,4-5H2,1-3H3. The van der Waals surface area contributed by atoms with Gasteiger partial charge in [-0.2, -0.15) is 4.98 Å². The zero-order chi connectivity index (χ0) is 11.5. The number of fused-ring (bicyclic) bond motifs is 1. The van der Waals surface area contributed by atoms with Crippen molar-refractivity contribution in [1.29, 1.82) is 0 Å². The van der Waals surface area contributed by atoms with E-state index >= 15 is 0 Å². The monoisotopic (exact) mass is 221 g/mol. The number of methoxy groups -OCH3 is 3. The van der Waals surface area contributed by atoms with Crippen molar-refractivity contribution in [2.24, 2.45) is 0 Å². The molecule has 1 aromatic rings. The average Bonchev–Trinajstić information content (AvgIpc) is 2.36. The molecule has 1 heterocycles. The van der Waals surface area contributed by atoms with E-state index in [0.29, 0.717) is 17.5 Å². The van der Waals surface area contributed by atoms with Crippen LogP contribution in [0.4, 0.5) is 0 Å². The Bertz CT molecular complexity index is 508. The third-order valence-corrected chi connectivity index (χ3v) is 2.62. The van der Waals surface area contributed by atoms with Crippen molar-refractivity contribution in [3.05, 3.63) is 10.4 Å². The molecule has 1 aliphatic rings. The molecule has 0 bridgehead atoms. The largest absolute Gasteiger partial charge is 0.491 e. The van der Waals surface area contributed by atoms with Gasteiger partial charge in [-0.05, 0) is 12.8 Å². The number of hydrogen-bond acceptors (Lipinski definition) is 4. The van der Waals surface area contributed by atoms with E-state index in [-0.39, 0.29) is 0 Å². The van der Waals surface area contributed by atoms with Crippen LogP contribution < -0.4 is 24.6 Å². The van der Waals surface area contributed by atoms with Crippen molar-refractivity contribution < 1.29 is 14.2 Å². The van der Waals surface area contributed by atoms with E-state index in [0.717, 1.165) is 23.3 Å². The van der Waals surface area contributed by atoms with E-state index in [4.69, 9.17) is 14.2 Å². The summed E-state index contributed by atoms with van der Waals surface area (Å²) >= 11 is 0. The van der Waals surface area contributed by atoms with Crippen molar-refractivity contribution in [2.45, 2.75) is 12.8 Å². The maximum Gasteiger partial charge on any atom is 0.260 e. The lowest BCUT2D eigenvalue weighted by Crippen LogP contribution is -2.31. The summed E-state index contributed by atoms with van der Waals surface area (Å²) in [5.74, 6) is 1.72. The molecule has 4 heteroatoms. The Kier molecular flexibility index (Phi) is 2.99. The second-order valence-electron chi connectivity index (χ2n) is 3.48. The Hall–Kier alpha value is -1.71. The van der Waals surface area contributed by atoms with Crippen molar-refractivity contribution in [3.8, 4) is 17.5 Å². The van der Waals surface area contributed by atoms with Gasteiger partial charge < -0.3 is 14.2 Å². The van der Waals surface area contributed by atoms with Crippen molar-refractivity contribution >= 4 is 12.2 Å². The van der Waals surface area contributed by atoms with Gasteiger partial charge in [0, 0.05) is 10.4 Å². The molecular formula is C12H15NO3. The van der Waals surface area contributed by atoms with E-state index in [1.807, 2.05) is 0 Å². The molecule has 2 rings (SSSR count). The molecule has 16 heavy (non-hydrogen) atoms. The van der Waals surface area contributed by atoms with Gasteiger partial charge in [0.1, 0.15) is 0 Å². The molecule has 1 aliphatic carbocycles. The zero-order valence-corrected chi connectivity index (χ0v) is 9.74. The molecule has 0 radical (unpaired) electrons. The van der Waals surface area contributed by atoms with Crippen molar-refractivity contribution in [2.75, 3.05) is 21.3 Å². The first-order valence-corrected chi connectivity index (χ1v) is 5.18. The molecule has 86 valence electrons. The minimum atomic E-state index is 0.463. The van der Waals surface area contributed by atoms with Gasteiger partial charge in [0.15, 0.2) is 5.75 Å². The average molecular weight is 221 g/mol. The molecule has 0 aliphatic heterocycles. The summed E-state index contributed by atoms with van der Waals surface area (Å²) < 4.78 is 15.8. The maximum absolute atomic E-state index is 5.34. The normalized spacial score (nSPS) is 13.2. The summed E-state index contributed by atoms with van der Waals surface area (Å²) in [7, 11) is 4.80. The summed E-state index contributed by atoms with van der Waals surface area (Å²) in [5, 5.41) is 2.00. The number of ether oxygens (including phenoxy) is 3. The first-order chi connectivity index (χ1) is 7.81. The second kappa shape index (κ2) is 4.43. The fourth-order valence-electron chi connectivity index (χ4n) is 1.90. The van der Waals surface area contributed by atoms with Crippen LogP contribution >= 0.6 is 0 Å². The minimum absolute atomic E-state index is 0.463. The molecule has 0 spiro atoms. The lowest BCUT2D eigenvalue weighted by molar-refractivity contribution is 0.324. The Morgan fingerprint density at radius 3 is 2.06 bits per heavy atom. The fourth-order valence-corrected chi connectivity index (χ4v) is 1.90. The molecular weight excluding hydrogens is 206 g/mol. The Balaban J connectivity index is 2.82. The summed E-state index contributed by atoms with van der Waals surface area (Å²) in [6.07, 6.45) is 6.24. The van der Waals surface area contributed by atoms with Gasteiger partial charge in [0.25, 0.3) is 5.88 Å². The van der Waals surface area contributed by atoms with Gasteiger partial charge in [-0.25, -0.2) is 0 Å². The van der Waals surface area contributed by atoms with Gasteiger partial charge >= 0.3 is 0 Å². The number of pyridine rings is 1. The van der Waals surface area contributed by atoms with Gasteiger partial charge in [-0.15, -0.1) is 0 Å². The van der Waals surface area contributed by atoms with Gasteiger partial charge in [-0.3, -0.25) is 0 Å². The summed E-state index contributed by atoms with van der Waals surface area (Å²) in [6.45, 7) is 0. The highest BCUT2D eigenvalue weighted by Gasteiger charge is 2.14. The lowest BCUT2D eigenvalue weighted by Gasteiger charge is -2.12. The van der Waals surface area contributed by atoms with Gasteiger partial charge in [0.2, 0.25) is 5.88 Å². The number of nitrogens with zero attached hydrogens (tertiary/aromatic N) is 1. The molecule has 0 amide bonds. The topological polar surface area (TPSA) is 40.6 Å². The highest BCUT2D eigenvalue weighted by Crippen LogP contribution is 2.21. The molecule has 0 fully saturated rings. The maximum atomic E-state index is 5.34. The zero-order valence-electron chi connectivity index (χ0n) is 9.74. The SMILES string of the molecule is COc1nc(OC)c2c(c1OC)=CCCC=2. The molecule has 0 unspecified atom stereocenters. The van der Waals surface area contributed by atoms with Gasteiger partial charge in [-0.1, -0.05) is 12.2 Å². The predicted octanol–water partition coefficient (Wildman–Crippen LogP) is 0.462. The van der Waals surface area contributed by atoms with Crippen LogP contribution in [-0.4, -0.2) is 26.3 Å². The van der Waals surface area contributed by atoms with Crippen molar-refractivity contribution in [1.82, 2.24) is 4.98 Å². The highest BCUT2D eigenvalue weighted by atomic mass is 16.5. The van der Waals surface area contributed by atoms with Crippen LogP contribution in [0.2, 0.25) is 0 Å². The smallest absolute Gasteiger partial charge is 0.260 e.